The molecule has 3 N–H and O–H groups in total. The summed E-state index contributed by atoms with van der Waals surface area (Å²) in [4.78, 5) is 22.7. The second-order valence-corrected chi connectivity index (χ2v) is 3.97. The maximum absolute atomic E-state index is 11.8. The van der Waals surface area contributed by atoms with Crippen LogP contribution in [0.15, 0.2) is 23.9 Å². The molecule has 4 nitrogen and oxygen atoms in total. The second-order valence-electron chi connectivity index (χ2n) is 3.97. The molecule has 96 valence electrons. The van der Waals surface area contributed by atoms with Crippen molar-refractivity contribution >= 4 is 12.2 Å². The molecule has 0 aromatic rings. The lowest BCUT2D eigenvalue weighted by Gasteiger charge is -2.13. The Bertz CT molecular complexity index is 309. The average Bonchev–Trinajstić information content (AvgIpc) is 2.32. The molecule has 0 fully saturated rings. The first-order chi connectivity index (χ1) is 8.10. The zero-order chi connectivity index (χ0) is 13.3. The summed E-state index contributed by atoms with van der Waals surface area (Å²) < 4.78 is 0. The number of nitrogens with two attached hydrogens (primary N) is 1. The molecule has 0 aromatic heterocycles. The zero-order valence-corrected chi connectivity index (χ0v) is 10.7. The summed E-state index contributed by atoms with van der Waals surface area (Å²) in [5.41, 5.74) is 6.66. The summed E-state index contributed by atoms with van der Waals surface area (Å²) in [7, 11) is 0. The largest absolute Gasteiger partial charge is 0.330 e. The molecule has 0 rings (SSSR count). The Morgan fingerprint density at radius 3 is 2.59 bits per heavy atom. The van der Waals surface area contributed by atoms with Crippen LogP contribution in [0, 0.1) is 5.92 Å². The Balaban J connectivity index is 4.67. The highest BCUT2D eigenvalue weighted by Crippen LogP contribution is 2.09. The van der Waals surface area contributed by atoms with Gasteiger partial charge in [0.1, 0.15) is 0 Å². The van der Waals surface area contributed by atoms with Crippen molar-refractivity contribution in [2.75, 3.05) is 6.54 Å². The second kappa shape index (κ2) is 8.70. The Morgan fingerprint density at radius 1 is 1.53 bits per heavy atom. The van der Waals surface area contributed by atoms with E-state index in [1.165, 1.54) is 0 Å². The fourth-order valence-electron chi connectivity index (χ4n) is 1.51. The van der Waals surface area contributed by atoms with E-state index in [4.69, 9.17) is 5.73 Å². The summed E-state index contributed by atoms with van der Waals surface area (Å²) in [6, 6.07) is 0. The van der Waals surface area contributed by atoms with Gasteiger partial charge in [-0.15, -0.1) is 6.58 Å². The van der Waals surface area contributed by atoms with Crippen molar-refractivity contribution in [3.05, 3.63) is 23.9 Å². The van der Waals surface area contributed by atoms with Gasteiger partial charge in [-0.25, -0.2) is 0 Å². The monoisotopic (exact) mass is 238 g/mol. The maximum atomic E-state index is 11.8. The number of aldehydes is 1. The van der Waals surface area contributed by atoms with Crippen LogP contribution in [0.2, 0.25) is 0 Å². The van der Waals surface area contributed by atoms with E-state index in [0.29, 0.717) is 24.9 Å². The van der Waals surface area contributed by atoms with Gasteiger partial charge in [0, 0.05) is 0 Å². The van der Waals surface area contributed by atoms with Gasteiger partial charge in [-0.05, 0) is 31.9 Å². The third-order valence-corrected chi connectivity index (χ3v) is 2.56. The van der Waals surface area contributed by atoms with Crippen molar-refractivity contribution in [1.82, 2.24) is 5.32 Å². The van der Waals surface area contributed by atoms with Crippen LogP contribution in [0.5, 0.6) is 0 Å². The molecule has 0 aromatic carbocycles. The average molecular weight is 238 g/mol. The standard InChI is InChI=1S/C13H22N2O2/c1-4-6-10(3)12(9-16)15-13(17)11(5-2)7-8-14/h5,9,11H,2,4,6-8,14H2,1,3H3,(H,15,17)/b12-10-. The molecule has 0 aliphatic carbocycles. The smallest absolute Gasteiger partial charge is 0.231 e. The molecule has 1 unspecified atom stereocenters. The van der Waals surface area contributed by atoms with E-state index < -0.39 is 0 Å². The Kier molecular flexibility index (Phi) is 7.97. The molecule has 0 aliphatic rings. The summed E-state index contributed by atoms with van der Waals surface area (Å²) in [5, 5.41) is 2.63. The quantitative estimate of drug-likeness (QED) is 0.382. The lowest BCUT2D eigenvalue weighted by molar-refractivity contribution is -0.123. The predicted octanol–water partition coefficient (Wildman–Crippen LogP) is 1.53. The topological polar surface area (TPSA) is 72.2 Å². The first kappa shape index (κ1) is 15.6. The molecule has 0 heterocycles. The predicted molar refractivity (Wildman–Crippen MR) is 69.2 cm³/mol. The number of amides is 1. The van der Waals surface area contributed by atoms with Crippen molar-refractivity contribution in [3.8, 4) is 0 Å². The van der Waals surface area contributed by atoms with Crippen LogP contribution in [0.4, 0.5) is 0 Å². The molecule has 0 saturated carbocycles. The number of hydrogen-bond donors (Lipinski definition) is 2. The van der Waals surface area contributed by atoms with Gasteiger partial charge in [0.15, 0.2) is 6.29 Å². The van der Waals surface area contributed by atoms with Gasteiger partial charge in [-0.1, -0.05) is 19.4 Å². The third-order valence-electron chi connectivity index (χ3n) is 2.56. The first-order valence-corrected chi connectivity index (χ1v) is 5.89. The van der Waals surface area contributed by atoms with Crippen LogP contribution < -0.4 is 11.1 Å². The molecule has 4 heteroatoms. The van der Waals surface area contributed by atoms with Gasteiger partial charge in [0.05, 0.1) is 11.6 Å². The van der Waals surface area contributed by atoms with Crippen LogP contribution in [0.3, 0.4) is 0 Å². The first-order valence-electron chi connectivity index (χ1n) is 5.89. The van der Waals surface area contributed by atoms with Gasteiger partial charge in [0.25, 0.3) is 0 Å². The van der Waals surface area contributed by atoms with Gasteiger partial charge in [0.2, 0.25) is 5.91 Å². The van der Waals surface area contributed by atoms with Crippen molar-refractivity contribution < 1.29 is 9.59 Å². The molecular formula is C13H22N2O2. The highest BCUT2D eigenvalue weighted by Gasteiger charge is 2.15. The van der Waals surface area contributed by atoms with Gasteiger partial charge in [-0.2, -0.15) is 0 Å². The molecule has 0 bridgehead atoms. The Labute approximate surface area is 103 Å². The minimum atomic E-state index is -0.343. The summed E-state index contributed by atoms with van der Waals surface area (Å²) >= 11 is 0. The lowest BCUT2D eigenvalue weighted by Crippen LogP contribution is -2.31. The normalized spacial score (nSPS) is 13.6. The van der Waals surface area contributed by atoms with E-state index >= 15 is 0 Å². The third kappa shape index (κ3) is 5.45. The van der Waals surface area contributed by atoms with E-state index in [0.717, 1.165) is 18.4 Å². The van der Waals surface area contributed by atoms with Gasteiger partial charge in [-0.3, -0.25) is 9.59 Å². The van der Waals surface area contributed by atoms with Crippen LogP contribution in [-0.4, -0.2) is 18.7 Å². The summed E-state index contributed by atoms with van der Waals surface area (Å²) in [6.07, 6.45) is 4.51. The minimum absolute atomic E-state index is 0.219. The molecule has 1 atom stereocenters. The van der Waals surface area contributed by atoms with E-state index in [-0.39, 0.29) is 11.8 Å². The molecule has 0 spiro atoms. The van der Waals surface area contributed by atoms with E-state index in [9.17, 15) is 9.59 Å². The summed E-state index contributed by atoms with van der Waals surface area (Å²) in [6.45, 7) is 7.88. The van der Waals surface area contributed by atoms with Crippen LogP contribution in [0.25, 0.3) is 0 Å². The number of allylic oxidation sites excluding steroid dienone is 2. The van der Waals surface area contributed by atoms with Crippen molar-refractivity contribution in [1.29, 1.82) is 0 Å². The van der Waals surface area contributed by atoms with Gasteiger partial charge < -0.3 is 11.1 Å². The molecule has 1 amide bonds. The van der Waals surface area contributed by atoms with E-state index in [1.54, 1.807) is 6.08 Å². The Morgan fingerprint density at radius 2 is 2.18 bits per heavy atom. The maximum Gasteiger partial charge on any atom is 0.231 e. The molecule has 0 aliphatic heterocycles. The van der Waals surface area contributed by atoms with Crippen LogP contribution in [-0.2, 0) is 9.59 Å². The van der Waals surface area contributed by atoms with Crippen LogP contribution in [0.1, 0.15) is 33.1 Å². The highest BCUT2D eigenvalue weighted by atomic mass is 16.2. The SMILES string of the molecule is C=CC(CCN)C(=O)N/C(C=O)=C(/C)CCC. The van der Waals surface area contributed by atoms with Crippen molar-refractivity contribution in [2.45, 2.75) is 33.1 Å². The molecule has 17 heavy (non-hydrogen) atoms. The number of nitrogens with one attached hydrogen (secondary N) is 1. The summed E-state index contributed by atoms with van der Waals surface area (Å²) in [5.74, 6) is -0.563. The van der Waals surface area contributed by atoms with Crippen LogP contribution >= 0.6 is 0 Å². The fourth-order valence-corrected chi connectivity index (χ4v) is 1.51. The Hall–Kier alpha value is -1.42. The van der Waals surface area contributed by atoms with E-state index in [2.05, 4.69) is 11.9 Å². The molecule has 0 radical (unpaired) electrons. The van der Waals surface area contributed by atoms with E-state index in [1.807, 2.05) is 13.8 Å². The zero-order valence-electron chi connectivity index (χ0n) is 10.7. The van der Waals surface area contributed by atoms with Gasteiger partial charge >= 0.3 is 0 Å². The fraction of sp³-hybridized carbons (Fsp3) is 0.538. The number of rotatable bonds is 8. The number of hydrogen-bond acceptors (Lipinski definition) is 3. The number of carbonyl (C=O) groups is 2. The number of carbonyl (C=O) groups excluding carboxylic acids is 2. The minimum Gasteiger partial charge on any atom is -0.330 e. The van der Waals surface area contributed by atoms with Crippen molar-refractivity contribution in [3.63, 3.8) is 0 Å². The van der Waals surface area contributed by atoms with Crippen molar-refractivity contribution in [2.24, 2.45) is 11.7 Å². The molecule has 0 saturated heterocycles. The highest BCUT2D eigenvalue weighted by molar-refractivity contribution is 5.88. The molecular weight excluding hydrogens is 216 g/mol. The lowest BCUT2D eigenvalue weighted by atomic mass is 10.0.